The predicted octanol–water partition coefficient (Wildman–Crippen LogP) is 6.55. The van der Waals surface area contributed by atoms with Crippen molar-refractivity contribution in [3.63, 3.8) is 0 Å². The van der Waals surface area contributed by atoms with E-state index in [-0.39, 0.29) is 0 Å². The average Bonchev–Trinajstić information content (AvgIpc) is 1.92. The fraction of sp³-hybridized carbons (Fsp3) is 1.00. The lowest BCUT2D eigenvalue weighted by molar-refractivity contribution is 0.164. The summed E-state index contributed by atoms with van der Waals surface area (Å²) in [6, 6.07) is 0. The Hall–Kier alpha value is 0. The summed E-state index contributed by atoms with van der Waals surface area (Å²) in [4.78, 5) is 0. The largest absolute Gasteiger partial charge is 0.0628 e. The van der Waals surface area contributed by atoms with Crippen molar-refractivity contribution in [2.75, 3.05) is 0 Å². The normalized spacial score (nSPS) is 17.0. The van der Waals surface area contributed by atoms with Crippen LogP contribution in [0.2, 0.25) is 0 Å². The van der Waals surface area contributed by atoms with E-state index in [1.165, 1.54) is 25.7 Å². The molecule has 0 radical (unpaired) electrons. The molecule has 0 rings (SSSR count). The van der Waals surface area contributed by atoms with E-state index in [0.717, 1.165) is 17.8 Å². The van der Waals surface area contributed by atoms with Gasteiger partial charge >= 0.3 is 0 Å². The lowest BCUT2D eigenvalue weighted by Gasteiger charge is -2.35. The van der Waals surface area contributed by atoms with Crippen molar-refractivity contribution in [1.29, 1.82) is 0 Å². The molecule has 2 unspecified atom stereocenters. The highest BCUT2D eigenvalue weighted by molar-refractivity contribution is 4.78. The van der Waals surface area contributed by atoms with Gasteiger partial charge in [-0.05, 0) is 54.3 Å². The maximum absolute atomic E-state index is 2.45. The first-order valence-corrected chi connectivity index (χ1v) is 7.91. The van der Waals surface area contributed by atoms with Gasteiger partial charge in [-0.2, -0.15) is 0 Å². The lowest BCUT2D eigenvalue weighted by atomic mass is 9.71. The summed E-state index contributed by atoms with van der Waals surface area (Å²) in [5, 5.41) is 0. The summed E-state index contributed by atoms with van der Waals surface area (Å²) < 4.78 is 0. The van der Waals surface area contributed by atoms with Crippen molar-refractivity contribution in [3.05, 3.63) is 0 Å². The number of hydrogen-bond donors (Lipinski definition) is 0. The highest BCUT2D eigenvalue weighted by Crippen LogP contribution is 2.39. The van der Waals surface area contributed by atoms with Gasteiger partial charge in [-0.15, -0.1) is 0 Å². The summed E-state index contributed by atoms with van der Waals surface area (Å²) >= 11 is 0. The zero-order valence-corrected chi connectivity index (χ0v) is 14.6. The van der Waals surface area contributed by atoms with Crippen LogP contribution in [-0.4, -0.2) is 0 Å². The van der Waals surface area contributed by atoms with Gasteiger partial charge in [0.25, 0.3) is 0 Å². The number of rotatable bonds is 7. The minimum Gasteiger partial charge on any atom is -0.0628 e. The Morgan fingerprint density at radius 1 is 0.722 bits per heavy atom. The predicted molar refractivity (Wildman–Crippen MR) is 84.9 cm³/mol. The molecule has 0 aromatic carbocycles. The summed E-state index contributed by atoms with van der Waals surface area (Å²) in [6.45, 7) is 21.5. The third-order valence-electron chi connectivity index (χ3n) is 3.59. The summed E-state index contributed by atoms with van der Waals surface area (Å²) in [5.74, 6) is 2.58. The first kappa shape index (κ1) is 18.0. The molecule has 0 aliphatic heterocycles. The average molecular weight is 255 g/mol. The third kappa shape index (κ3) is 9.97. The van der Waals surface area contributed by atoms with Gasteiger partial charge in [0.15, 0.2) is 0 Å². The maximum Gasteiger partial charge on any atom is -0.0347 e. The van der Waals surface area contributed by atoms with Crippen LogP contribution < -0.4 is 0 Å². The SMILES string of the molecule is CC(C)CC(C)CC(C)CC(C)(C)CC(C)(C)C. The van der Waals surface area contributed by atoms with Crippen LogP contribution in [0.25, 0.3) is 0 Å². The van der Waals surface area contributed by atoms with E-state index < -0.39 is 0 Å². The third-order valence-corrected chi connectivity index (χ3v) is 3.59. The van der Waals surface area contributed by atoms with E-state index >= 15 is 0 Å². The minimum atomic E-state index is 0.451. The van der Waals surface area contributed by atoms with Gasteiger partial charge < -0.3 is 0 Å². The maximum atomic E-state index is 2.45. The van der Waals surface area contributed by atoms with Gasteiger partial charge in [-0.3, -0.25) is 0 Å². The van der Waals surface area contributed by atoms with Crippen molar-refractivity contribution in [3.8, 4) is 0 Å². The molecule has 0 nitrogen and oxygen atoms in total. The molecule has 0 N–H and O–H groups in total. The first-order valence-electron chi connectivity index (χ1n) is 7.91. The molecule has 0 aromatic rings. The second kappa shape index (κ2) is 6.96. The molecule has 0 spiro atoms. The van der Waals surface area contributed by atoms with Crippen LogP contribution in [0.5, 0.6) is 0 Å². The van der Waals surface area contributed by atoms with E-state index in [0.29, 0.717) is 10.8 Å². The Kier molecular flexibility index (Phi) is 6.96. The molecular formula is C18H38. The van der Waals surface area contributed by atoms with Crippen LogP contribution in [-0.2, 0) is 0 Å². The van der Waals surface area contributed by atoms with Crippen LogP contribution in [0, 0.1) is 28.6 Å². The van der Waals surface area contributed by atoms with Crippen LogP contribution in [0.1, 0.15) is 88.0 Å². The van der Waals surface area contributed by atoms with E-state index in [2.05, 4.69) is 62.3 Å². The Bertz CT molecular complexity index is 217. The van der Waals surface area contributed by atoms with E-state index in [9.17, 15) is 0 Å². The van der Waals surface area contributed by atoms with Crippen molar-refractivity contribution in [1.82, 2.24) is 0 Å². The molecule has 110 valence electrons. The fourth-order valence-electron chi connectivity index (χ4n) is 4.12. The molecule has 0 saturated heterocycles. The molecule has 0 bridgehead atoms. The molecule has 18 heavy (non-hydrogen) atoms. The highest BCUT2D eigenvalue weighted by Gasteiger charge is 2.27. The van der Waals surface area contributed by atoms with Crippen LogP contribution in [0.4, 0.5) is 0 Å². The zero-order valence-electron chi connectivity index (χ0n) is 14.6. The fourth-order valence-corrected chi connectivity index (χ4v) is 4.12. The van der Waals surface area contributed by atoms with Gasteiger partial charge in [0.1, 0.15) is 0 Å². The Balaban J connectivity index is 4.17. The Morgan fingerprint density at radius 2 is 1.22 bits per heavy atom. The zero-order chi connectivity index (χ0) is 14.6. The van der Waals surface area contributed by atoms with Gasteiger partial charge in [0.2, 0.25) is 0 Å². The molecule has 0 aromatic heterocycles. The topological polar surface area (TPSA) is 0 Å². The monoisotopic (exact) mass is 254 g/mol. The second-order valence-corrected chi connectivity index (χ2v) is 9.18. The molecule has 2 atom stereocenters. The summed E-state index contributed by atoms with van der Waals surface area (Å²) in [7, 11) is 0. The van der Waals surface area contributed by atoms with Crippen molar-refractivity contribution >= 4 is 0 Å². The highest BCUT2D eigenvalue weighted by atomic mass is 14.3. The standard InChI is InChI=1S/C18H38/c1-14(2)10-15(3)11-16(4)12-18(8,9)13-17(5,6)7/h14-16H,10-13H2,1-9H3. The van der Waals surface area contributed by atoms with Crippen LogP contribution in [0.3, 0.4) is 0 Å². The van der Waals surface area contributed by atoms with E-state index in [1.54, 1.807) is 0 Å². The number of hydrogen-bond acceptors (Lipinski definition) is 0. The van der Waals surface area contributed by atoms with Crippen LogP contribution in [0.15, 0.2) is 0 Å². The summed E-state index contributed by atoms with van der Waals surface area (Å²) in [6.07, 6.45) is 5.46. The Morgan fingerprint density at radius 3 is 1.61 bits per heavy atom. The Labute approximate surface area is 117 Å². The molecule has 0 heteroatoms. The minimum absolute atomic E-state index is 0.451. The molecule has 0 heterocycles. The van der Waals surface area contributed by atoms with Gasteiger partial charge in [-0.1, -0.05) is 62.3 Å². The first-order chi connectivity index (χ1) is 7.91. The van der Waals surface area contributed by atoms with Crippen LogP contribution >= 0.6 is 0 Å². The van der Waals surface area contributed by atoms with Gasteiger partial charge in [0.05, 0.1) is 0 Å². The molecule has 0 aliphatic carbocycles. The van der Waals surface area contributed by atoms with Crippen molar-refractivity contribution < 1.29 is 0 Å². The second-order valence-electron chi connectivity index (χ2n) is 9.18. The quantitative estimate of drug-likeness (QED) is 0.483. The molecule has 0 saturated carbocycles. The smallest absolute Gasteiger partial charge is 0.0347 e. The van der Waals surface area contributed by atoms with Crippen molar-refractivity contribution in [2.24, 2.45) is 28.6 Å². The van der Waals surface area contributed by atoms with Gasteiger partial charge in [0, 0.05) is 0 Å². The van der Waals surface area contributed by atoms with Crippen molar-refractivity contribution in [2.45, 2.75) is 88.0 Å². The summed E-state index contributed by atoms with van der Waals surface area (Å²) in [5.41, 5.74) is 0.933. The molecule has 0 amide bonds. The molecule has 0 fully saturated rings. The van der Waals surface area contributed by atoms with Gasteiger partial charge in [-0.25, -0.2) is 0 Å². The van der Waals surface area contributed by atoms with E-state index in [1.807, 2.05) is 0 Å². The van der Waals surface area contributed by atoms with E-state index in [4.69, 9.17) is 0 Å². The molecule has 0 aliphatic rings. The lowest BCUT2D eigenvalue weighted by Crippen LogP contribution is -2.23. The molecular weight excluding hydrogens is 216 g/mol.